The fourth-order valence-electron chi connectivity index (χ4n) is 5.24. The second-order valence-electron chi connectivity index (χ2n) is 7.64. The van der Waals surface area contributed by atoms with Crippen LogP contribution in [0.4, 0.5) is 0 Å². The smallest absolute Gasteiger partial charge is 0.261 e. The maximum atomic E-state index is 13.4. The lowest BCUT2D eigenvalue weighted by Crippen LogP contribution is -2.60. The summed E-state index contributed by atoms with van der Waals surface area (Å²) in [4.78, 5) is 27.7. The van der Waals surface area contributed by atoms with Gasteiger partial charge in [-0.05, 0) is 31.0 Å². The number of nitriles is 1. The third-order valence-electron chi connectivity index (χ3n) is 6.46. The molecule has 2 unspecified atom stereocenters. The van der Waals surface area contributed by atoms with Gasteiger partial charge in [0.25, 0.3) is 11.8 Å². The number of rotatable bonds is 2. The van der Waals surface area contributed by atoms with Gasteiger partial charge in [0, 0.05) is 23.5 Å². The molecule has 1 aliphatic carbocycles. The third kappa shape index (κ3) is 1.69. The second-order valence-corrected chi connectivity index (χ2v) is 10.2. The van der Waals surface area contributed by atoms with Gasteiger partial charge in [0.2, 0.25) is 0 Å². The molecule has 7 nitrogen and oxygen atoms in total. The van der Waals surface area contributed by atoms with Crippen molar-refractivity contribution in [1.82, 2.24) is 9.80 Å². The molecule has 4 atom stereocenters. The Hall–Kier alpha value is -1.76. The maximum Gasteiger partial charge on any atom is 0.261 e. The molecule has 3 saturated heterocycles. The van der Waals surface area contributed by atoms with Crippen LogP contribution in [0.1, 0.15) is 30.5 Å². The normalized spacial score (nSPS) is 38.1. The molecule has 1 aromatic rings. The number of aliphatic hydroxyl groups excluding tert-OH is 1. The topological polar surface area (TPSA) is 93.9 Å². The molecule has 2 amide bonds. The first kappa shape index (κ1) is 17.3. The summed E-state index contributed by atoms with van der Waals surface area (Å²) in [6.07, 6.45) is 0.661. The summed E-state index contributed by atoms with van der Waals surface area (Å²) in [5.41, 5.74) is 0.719. The second kappa shape index (κ2) is 4.99. The Kier molecular flexibility index (Phi) is 3.20. The fourth-order valence-corrected chi connectivity index (χ4v) is 7.73. The highest BCUT2D eigenvalue weighted by molar-refractivity contribution is 9.10. The molecule has 1 N–H and O–H groups in total. The number of likely N-dealkylation sites (N-methyl/N-ethyl adjacent to an activating group) is 1. The van der Waals surface area contributed by atoms with Crippen LogP contribution < -0.4 is 4.74 Å². The minimum atomic E-state index is -1.02. The van der Waals surface area contributed by atoms with E-state index in [0.29, 0.717) is 12.2 Å². The van der Waals surface area contributed by atoms with Crippen LogP contribution in [0.25, 0.3) is 0 Å². The van der Waals surface area contributed by atoms with E-state index in [1.165, 1.54) is 16.7 Å². The van der Waals surface area contributed by atoms with Gasteiger partial charge in [0.15, 0.2) is 16.5 Å². The summed E-state index contributed by atoms with van der Waals surface area (Å²) in [7, 11) is 1.66. The highest BCUT2D eigenvalue weighted by atomic mass is 79.9. The van der Waals surface area contributed by atoms with Crippen molar-refractivity contribution >= 4 is 39.5 Å². The summed E-state index contributed by atoms with van der Waals surface area (Å²) in [6.45, 7) is 1.30. The van der Waals surface area contributed by atoms with Crippen LogP contribution in [0.2, 0.25) is 0 Å². The molecular weight excluding hydrogens is 434 g/mol. The van der Waals surface area contributed by atoms with Crippen LogP contribution in [0.3, 0.4) is 0 Å². The van der Waals surface area contributed by atoms with E-state index < -0.39 is 28.0 Å². The Balaban J connectivity index is 1.75. The number of amides is 2. The molecule has 5 rings (SSSR count). The van der Waals surface area contributed by atoms with E-state index in [1.54, 1.807) is 31.0 Å². The van der Waals surface area contributed by atoms with Crippen molar-refractivity contribution < 1.29 is 19.4 Å². The summed E-state index contributed by atoms with van der Waals surface area (Å²) in [6, 6.07) is 5.46. The number of hydrogen-bond donors (Lipinski definition) is 1. The molecular formula is C18H16BrN3O4S. The van der Waals surface area contributed by atoms with Crippen molar-refractivity contribution in [2.24, 2.45) is 5.41 Å². The predicted molar refractivity (Wildman–Crippen MR) is 99.3 cm³/mol. The lowest BCUT2D eigenvalue weighted by molar-refractivity contribution is -0.159. The van der Waals surface area contributed by atoms with Crippen LogP contribution in [0, 0.1) is 16.7 Å². The van der Waals surface area contributed by atoms with E-state index in [9.17, 15) is 20.0 Å². The molecule has 27 heavy (non-hydrogen) atoms. The molecule has 1 aromatic carbocycles. The van der Waals surface area contributed by atoms with Crippen molar-refractivity contribution in [2.45, 2.75) is 35.5 Å². The van der Waals surface area contributed by atoms with E-state index in [0.717, 1.165) is 15.6 Å². The number of piperazine rings is 1. The third-order valence-corrected chi connectivity index (χ3v) is 8.85. The number of carbonyl (C=O) groups excluding carboxylic acids is 2. The zero-order valence-corrected chi connectivity index (χ0v) is 17.1. The van der Waals surface area contributed by atoms with Gasteiger partial charge in [-0.2, -0.15) is 5.26 Å². The summed E-state index contributed by atoms with van der Waals surface area (Å²) < 4.78 is 6.13. The number of halogens is 1. The van der Waals surface area contributed by atoms with E-state index in [2.05, 4.69) is 22.0 Å². The first-order valence-electron chi connectivity index (χ1n) is 8.54. The minimum Gasteiger partial charge on any atom is -0.467 e. The van der Waals surface area contributed by atoms with Crippen LogP contribution in [0.5, 0.6) is 5.75 Å². The highest BCUT2D eigenvalue weighted by Crippen LogP contribution is 2.73. The molecule has 1 spiro atoms. The van der Waals surface area contributed by atoms with Gasteiger partial charge in [0.05, 0.1) is 17.5 Å². The standard InChI is InChI=1S/C18H16BrN3O4S/c1-16-14(24)22-13-12-9(11(26-8-23)4-3-10(12)19)5-17(13,7-20)6-18(22,27-16)15(25)21(16)2/h3-4,13,23H,5-6,8H2,1-2H3/t13-,16?,17+,18?/m0/s1. The van der Waals surface area contributed by atoms with Gasteiger partial charge in [-0.1, -0.05) is 27.7 Å². The van der Waals surface area contributed by atoms with Crippen LogP contribution in [-0.4, -0.2) is 50.3 Å². The minimum absolute atomic E-state index is 0.112. The number of carbonyl (C=O) groups is 2. The average molecular weight is 450 g/mol. The largest absolute Gasteiger partial charge is 0.467 e. The zero-order valence-electron chi connectivity index (χ0n) is 14.7. The van der Waals surface area contributed by atoms with Crippen molar-refractivity contribution in [3.63, 3.8) is 0 Å². The van der Waals surface area contributed by atoms with Crippen LogP contribution in [-0.2, 0) is 16.0 Å². The average Bonchev–Trinajstić information content (AvgIpc) is 3.23. The van der Waals surface area contributed by atoms with E-state index >= 15 is 0 Å². The Labute approximate surface area is 168 Å². The van der Waals surface area contributed by atoms with Crippen LogP contribution in [0.15, 0.2) is 16.6 Å². The van der Waals surface area contributed by atoms with Crippen molar-refractivity contribution in [3.8, 4) is 11.8 Å². The maximum absolute atomic E-state index is 13.4. The summed E-state index contributed by atoms with van der Waals surface area (Å²) in [5, 5.41) is 19.4. The van der Waals surface area contributed by atoms with E-state index in [4.69, 9.17) is 4.74 Å². The van der Waals surface area contributed by atoms with E-state index in [-0.39, 0.29) is 18.2 Å². The fraction of sp³-hybridized carbons (Fsp3) is 0.500. The number of benzene rings is 1. The molecule has 3 fully saturated rings. The lowest BCUT2D eigenvalue weighted by atomic mass is 9.81. The number of nitrogens with zero attached hydrogens (tertiary/aromatic N) is 3. The molecule has 9 heteroatoms. The van der Waals surface area contributed by atoms with Gasteiger partial charge >= 0.3 is 0 Å². The zero-order chi connectivity index (χ0) is 19.4. The summed E-state index contributed by atoms with van der Waals surface area (Å²) in [5.74, 6) is 0.261. The Morgan fingerprint density at radius 2 is 2.19 bits per heavy atom. The number of thioether (sulfide) groups is 1. The molecule has 140 valence electrons. The number of ether oxygens (including phenoxy) is 1. The quantitative estimate of drug-likeness (QED) is 0.691. The molecule has 0 radical (unpaired) electrons. The van der Waals surface area contributed by atoms with Crippen molar-refractivity contribution in [1.29, 1.82) is 5.26 Å². The molecule has 4 aliphatic rings. The van der Waals surface area contributed by atoms with Gasteiger partial charge < -0.3 is 19.6 Å². The van der Waals surface area contributed by atoms with Crippen molar-refractivity contribution in [2.75, 3.05) is 13.8 Å². The molecule has 0 saturated carbocycles. The Morgan fingerprint density at radius 3 is 2.85 bits per heavy atom. The predicted octanol–water partition coefficient (Wildman–Crippen LogP) is 1.75. The first-order chi connectivity index (χ1) is 12.8. The first-order valence-corrected chi connectivity index (χ1v) is 10.1. The highest BCUT2D eigenvalue weighted by Gasteiger charge is 2.80. The van der Waals surface area contributed by atoms with Gasteiger partial charge in [-0.25, -0.2) is 0 Å². The van der Waals surface area contributed by atoms with E-state index in [1.807, 2.05) is 0 Å². The molecule has 3 aliphatic heterocycles. The molecule has 2 bridgehead atoms. The number of fused-ring (bicyclic) bond motifs is 5. The van der Waals surface area contributed by atoms with Crippen molar-refractivity contribution in [3.05, 3.63) is 27.7 Å². The number of aliphatic hydroxyl groups is 1. The summed E-state index contributed by atoms with van der Waals surface area (Å²) >= 11 is 4.92. The SMILES string of the molecule is CN1C(=O)C23C[C@@]4(C#N)Cc5c(OCO)ccc(Br)c5[C@@H]4N2C(=O)C1(C)S3. The Morgan fingerprint density at radius 1 is 1.44 bits per heavy atom. The van der Waals surface area contributed by atoms with Crippen LogP contribution >= 0.6 is 27.7 Å². The lowest BCUT2D eigenvalue weighted by Gasteiger charge is -2.39. The van der Waals surface area contributed by atoms with Gasteiger partial charge in [-0.15, -0.1) is 0 Å². The molecule has 0 aromatic heterocycles. The monoisotopic (exact) mass is 449 g/mol. The van der Waals surface area contributed by atoms with Gasteiger partial charge in [0.1, 0.15) is 5.75 Å². The molecule has 3 heterocycles. The Bertz CT molecular complexity index is 980. The van der Waals surface area contributed by atoms with Gasteiger partial charge in [-0.3, -0.25) is 9.59 Å². The number of hydrogen-bond acceptors (Lipinski definition) is 6.